The van der Waals surface area contributed by atoms with Gasteiger partial charge in [-0.1, -0.05) is 0 Å². The Balaban J connectivity index is 1.75. The average molecular weight is 495 g/mol. The molecule has 11 heteroatoms. The number of halogens is 2. The Kier molecular flexibility index (Phi) is 5.04. The number of sulfonamides is 1. The van der Waals surface area contributed by atoms with Crippen LogP contribution in [-0.2, 0) is 24.6 Å². The molecule has 5 rings (SSSR count). The van der Waals surface area contributed by atoms with Crippen LogP contribution in [0.15, 0.2) is 41.3 Å². The van der Waals surface area contributed by atoms with E-state index in [4.69, 9.17) is 10.00 Å². The van der Waals surface area contributed by atoms with Crippen molar-refractivity contribution in [3.8, 4) is 11.8 Å². The summed E-state index contributed by atoms with van der Waals surface area (Å²) < 4.78 is 89.0. The summed E-state index contributed by atoms with van der Waals surface area (Å²) in [5.74, 6) is -3.59. The predicted octanol–water partition coefficient (Wildman–Crippen LogP) is 2.62. The zero-order chi connectivity index (χ0) is 23.6. The fraction of sp³-hybridized carbons (Fsp3) is 0.409. The summed E-state index contributed by atoms with van der Waals surface area (Å²) in [6.07, 6.45) is 0.219. The highest BCUT2D eigenvalue weighted by Gasteiger charge is 2.63. The van der Waals surface area contributed by atoms with Crippen molar-refractivity contribution in [1.82, 2.24) is 4.72 Å². The number of ether oxygens (including phenoxy) is 1. The minimum Gasteiger partial charge on any atom is -0.490 e. The lowest BCUT2D eigenvalue weighted by Gasteiger charge is -2.54. The van der Waals surface area contributed by atoms with Crippen molar-refractivity contribution in [2.45, 2.75) is 34.9 Å². The van der Waals surface area contributed by atoms with Gasteiger partial charge in [-0.2, -0.15) is 5.26 Å². The smallest absolute Gasteiger partial charge is 0.211 e. The van der Waals surface area contributed by atoms with Gasteiger partial charge in [-0.15, -0.1) is 0 Å². The van der Waals surface area contributed by atoms with Crippen LogP contribution in [0.1, 0.15) is 30.4 Å². The Morgan fingerprint density at radius 3 is 2.48 bits per heavy atom. The molecule has 4 atom stereocenters. The van der Waals surface area contributed by atoms with Crippen LogP contribution in [-0.4, -0.2) is 35.2 Å². The maximum absolute atomic E-state index is 15.3. The number of nitriles is 1. The van der Waals surface area contributed by atoms with Crippen molar-refractivity contribution >= 4 is 19.9 Å². The molecule has 0 unspecified atom stereocenters. The maximum atomic E-state index is 15.3. The summed E-state index contributed by atoms with van der Waals surface area (Å²) in [5.41, 5.74) is -0.0759. The van der Waals surface area contributed by atoms with Gasteiger partial charge in [-0.05, 0) is 61.6 Å². The molecule has 0 aromatic heterocycles. The number of rotatable bonds is 2. The average Bonchev–Trinajstić information content (AvgIpc) is 2.79. The van der Waals surface area contributed by atoms with Crippen molar-refractivity contribution in [2.75, 3.05) is 12.4 Å². The van der Waals surface area contributed by atoms with E-state index in [2.05, 4.69) is 4.72 Å². The zero-order valence-electron chi connectivity index (χ0n) is 17.3. The number of sulfone groups is 1. The number of nitrogens with one attached hydrogen (secondary N) is 1. The lowest BCUT2D eigenvalue weighted by molar-refractivity contribution is 0.0537. The Bertz CT molecular complexity index is 1390. The predicted molar refractivity (Wildman–Crippen MR) is 113 cm³/mol. The van der Waals surface area contributed by atoms with Crippen LogP contribution in [0.3, 0.4) is 0 Å². The third-order valence-electron chi connectivity index (χ3n) is 7.17. The molecular formula is C22H20F2N2O5S2. The molecule has 2 fully saturated rings. The molecule has 3 aliphatic rings. The number of hydrogen-bond donors (Lipinski definition) is 1. The lowest BCUT2D eigenvalue weighted by atomic mass is 9.64. The standard InChI is InChI=1S/C22H20F2N2O5S2/c23-17-5-6-18(24)21-20(17)22(33(29,30)14-3-1-13(11-25)2-4-14)9-7-19-15(16(22)12-31-21)8-10-32(27,28)26-19/h1-6,15-16,19,26H,7-10,12H2/t15-,16-,19+,22+/m1/s1. The number of nitrogens with zero attached hydrogens (tertiary/aromatic N) is 1. The SMILES string of the molecule is N#Cc1ccc(S(=O)(=O)[C@@]23CC[C@@H]4NS(=O)(=O)CC[C@@H]4[C@H]2COc2c(F)ccc(F)c23)cc1. The molecule has 0 amide bonds. The van der Waals surface area contributed by atoms with Crippen molar-refractivity contribution in [2.24, 2.45) is 11.8 Å². The molecule has 1 saturated heterocycles. The number of hydrogen-bond acceptors (Lipinski definition) is 6. The molecule has 2 aromatic carbocycles. The summed E-state index contributed by atoms with van der Waals surface area (Å²) in [6, 6.07) is 8.52. The quantitative estimate of drug-likeness (QED) is 0.687. The van der Waals surface area contributed by atoms with Crippen molar-refractivity contribution in [3.05, 3.63) is 59.2 Å². The highest BCUT2D eigenvalue weighted by molar-refractivity contribution is 7.92. The van der Waals surface area contributed by atoms with Crippen LogP contribution in [0.2, 0.25) is 0 Å². The van der Waals surface area contributed by atoms with Crippen LogP contribution in [0.25, 0.3) is 0 Å². The lowest BCUT2D eigenvalue weighted by Crippen LogP contribution is -2.62. The monoisotopic (exact) mass is 494 g/mol. The van der Waals surface area contributed by atoms with E-state index in [1.165, 1.54) is 24.3 Å². The first kappa shape index (κ1) is 22.3. The van der Waals surface area contributed by atoms with Gasteiger partial charge in [0.2, 0.25) is 10.0 Å². The van der Waals surface area contributed by atoms with Gasteiger partial charge in [0.05, 0.1) is 34.5 Å². The molecule has 0 bridgehead atoms. The number of benzene rings is 2. The van der Waals surface area contributed by atoms with Crippen molar-refractivity contribution < 1.29 is 30.4 Å². The first-order valence-electron chi connectivity index (χ1n) is 10.5. The van der Waals surface area contributed by atoms with Gasteiger partial charge < -0.3 is 4.74 Å². The van der Waals surface area contributed by atoms with Crippen LogP contribution in [0, 0.1) is 34.8 Å². The second-order valence-electron chi connectivity index (χ2n) is 8.71. The third-order valence-corrected chi connectivity index (χ3v) is 11.2. The maximum Gasteiger partial charge on any atom is 0.211 e. The molecule has 33 heavy (non-hydrogen) atoms. The first-order chi connectivity index (χ1) is 15.6. The summed E-state index contributed by atoms with van der Waals surface area (Å²) in [7, 11) is -7.80. The van der Waals surface area contributed by atoms with E-state index in [-0.39, 0.29) is 47.6 Å². The Morgan fingerprint density at radius 1 is 1.09 bits per heavy atom. The van der Waals surface area contributed by atoms with E-state index in [1.807, 2.05) is 6.07 Å². The molecule has 2 heterocycles. The Morgan fingerprint density at radius 2 is 1.79 bits per heavy atom. The van der Waals surface area contributed by atoms with Crippen LogP contribution >= 0.6 is 0 Å². The second-order valence-corrected chi connectivity index (χ2v) is 12.8. The van der Waals surface area contributed by atoms with E-state index in [1.54, 1.807) is 0 Å². The molecule has 0 radical (unpaired) electrons. The van der Waals surface area contributed by atoms with Gasteiger partial charge in [-0.25, -0.2) is 30.3 Å². The highest BCUT2D eigenvalue weighted by Crippen LogP contribution is 2.59. The third kappa shape index (κ3) is 3.19. The van der Waals surface area contributed by atoms with Gasteiger partial charge in [0.25, 0.3) is 0 Å². The van der Waals surface area contributed by atoms with E-state index >= 15 is 4.39 Å². The molecule has 1 aliphatic carbocycles. The fourth-order valence-corrected chi connectivity index (χ4v) is 9.58. The summed E-state index contributed by atoms with van der Waals surface area (Å²) in [6.45, 7) is -0.189. The minimum absolute atomic E-state index is 0.111. The van der Waals surface area contributed by atoms with E-state index in [9.17, 15) is 21.2 Å². The molecule has 2 aliphatic heterocycles. The van der Waals surface area contributed by atoms with Gasteiger partial charge in [0.1, 0.15) is 10.6 Å². The molecule has 174 valence electrons. The molecule has 0 spiro atoms. The topological polar surface area (TPSA) is 113 Å². The van der Waals surface area contributed by atoms with Crippen LogP contribution in [0.4, 0.5) is 8.78 Å². The van der Waals surface area contributed by atoms with E-state index in [0.29, 0.717) is 0 Å². The zero-order valence-corrected chi connectivity index (χ0v) is 18.9. The van der Waals surface area contributed by atoms with Gasteiger partial charge in [-0.3, -0.25) is 0 Å². The molecule has 1 saturated carbocycles. The molecular weight excluding hydrogens is 474 g/mol. The molecule has 1 N–H and O–H groups in total. The Labute approximate surface area is 190 Å². The summed E-state index contributed by atoms with van der Waals surface area (Å²) >= 11 is 0. The largest absolute Gasteiger partial charge is 0.490 e. The highest BCUT2D eigenvalue weighted by atomic mass is 32.2. The van der Waals surface area contributed by atoms with E-state index in [0.717, 1.165) is 12.1 Å². The fourth-order valence-electron chi connectivity index (χ4n) is 5.72. The van der Waals surface area contributed by atoms with Crippen molar-refractivity contribution in [1.29, 1.82) is 5.26 Å². The number of fused-ring (bicyclic) bond motifs is 5. The molecule has 7 nitrogen and oxygen atoms in total. The van der Waals surface area contributed by atoms with Crippen molar-refractivity contribution in [3.63, 3.8) is 0 Å². The van der Waals surface area contributed by atoms with Crippen LogP contribution < -0.4 is 9.46 Å². The Hall–Kier alpha value is -2.55. The molecule has 2 aromatic rings. The first-order valence-corrected chi connectivity index (χ1v) is 13.6. The summed E-state index contributed by atoms with van der Waals surface area (Å²) in [4.78, 5) is -0.113. The normalized spacial score (nSPS) is 30.2. The van der Waals surface area contributed by atoms with Crippen LogP contribution in [0.5, 0.6) is 5.75 Å². The van der Waals surface area contributed by atoms with Gasteiger partial charge >= 0.3 is 0 Å². The van der Waals surface area contributed by atoms with Gasteiger partial charge in [0, 0.05) is 12.0 Å². The summed E-state index contributed by atoms with van der Waals surface area (Å²) in [5, 5.41) is 9.07. The van der Waals surface area contributed by atoms with E-state index < -0.39 is 59.9 Å². The minimum atomic E-state index is -4.31. The second kappa shape index (κ2) is 7.48. The van der Waals surface area contributed by atoms with Gasteiger partial charge in [0.15, 0.2) is 21.4 Å².